The Morgan fingerprint density at radius 1 is 1.11 bits per heavy atom. The number of halogens is 1. The van der Waals surface area contributed by atoms with E-state index in [2.05, 4.69) is 31.8 Å². The minimum absolute atomic E-state index is 0.0310. The van der Waals surface area contributed by atoms with E-state index in [1.807, 2.05) is 19.1 Å². The molecule has 4 N–H and O–H groups in total. The molecule has 182 valence electrons. The van der Waals surface area contributed by atoms with E-state index in [-0.39, 0.29) is 22.7 Å². The summed E-state index contributed by atoms with van der Waals surface area (Å²) in [4.78, 5) is 41.2. The Kier molecular flexibility index (Phi) is 7.32. The van der Waals surface area contributed by atoms with E-state index >= 15 is 0 Å². The van der Waals surface area contributed by atoms with Gasteiger partial charge in [0, 0.05) is 29.9 Å². The standard InChI is InChI=1S/C25H22ClN7O3/c1-15-3-5-16(6-4-15)22(34)21-19(13-27)23(33(32-21)18-9-7-17(26)8-10-18)28-11-2-12-29-24(35)20-14-30-25(36)31-20/h3-10,14,28H,2,11-12H2,1H3,(H,29,35)(H2,30,31,36). The van der Waals surface area contributed by atoms with Gasteiger partial charge in [-0.3, -0.25) is 9.59 Å². The van der Waals surface area contributed by atoms with Crippen molar-refractivity contribution in [3.05, 3.63) is 98.3 Å². The maximum absolute atomic E-state index is 13.2. The lowest BCUT2D eigenvalue weighted by Gasteiger charge is -2.11. The van der Waals surface area contributed by atoms with Crippen LogP contribution >= 0.6 is 11.6 Å². The number of amides is 1. The highest BCUT2D eigenvalue weighted by Crippen LogP contribution is 2.26. The van der Waals surface area contributed by atoms with Gasteiger partial charge >= 0.3 is 5.69 Å². The van der Waals surface area contributed by atoms with Gasteiger partial charge in [-0.2, -0.15) is 10.4 Å². The van der Waals surface area contributed by atoms with E-state index in [1.165, 1.54) is 10.9 Å². The number of H-pyrrole nitrogens is 2. The SMILES string of the molecule is Cc1ccc(C(=O)c2nn(-c3ccc(Cl)cc3)c(NCCCNC(=O)c3c[nH]c(=O)[nH]3)c2C#N)cc1. The number of hydrogen-bond donors (Lipinski definition) is 4. The summed E-state index contributed by atoms with van der Waals surface area (Å²) < 4.78 is 1.50. The first-order chi connectivity index (χ1) is 17.4. The fraction of sp³-hybridized carbons (Fsp3) is 0.160. The molecule has 2 aromatic heterocycles. The number of carbonyl (C=O) groups is 2. The predicted molar refractivity (Wildman–Crippen MR) is 135 cm³/mol. The molecular formula is C25H22ClN7O3. The molecule has 0 aliphatic carbocycles. The molecule has 4 rings (SSSR count). The Morgan fingerprint density at radius 3 is 2.47 bits per heavy atom. The first-order valence-corrected chi connectivity index (χ1v) is 11.5. The van der Waals surface area contributed by atoms with Crippen LogP contribution in [0.15, 0.2) is 59.5 Å². The van der Waals surface area contributed by atoms with E-state index < -0.39 is 11.6 Å². The van der Waals surface area contributed by atoms with Gasteiger partial charge in [-0.05, 0) is 37.6 Å². The van der Waals surface area contributed by atoms with Crippen molar-refractivity contribution >= 4 is 29.1 Å². The predicted octanol–water partition coefficient (Wildman–Crippen LogP) is 3.19. The smallest absolute Gasteiger partial charge is 0.323 e. The fourth-order valence-corrected chi connectivity index (χ4v) is 3.63. The summed E-state index contributed by atoms with van der Waals surface area (Å²) in [5.41, 5.74) is 1.88. The summed E-state index contributed by atoms with van der Waals surface area (Å²) in [7, 11) is 0. The quantitative estimate of drug-likeness (QED) is 0.203. The molecule has 0 fully saturated rings. The van der Waals surface area contributed by atoms with Gasteiger partial charge in [-0.15, -0.1) is 0 Å². The molecule has 2 heterocycles. The van der Waals surface area contributed by atoms with Gasteiger partial charge in [0.2, 0.25) is 5.78 Å². The number of aromatic nitrogens is 4. The highest BCUT2D eigenvalue weighted by atomic mass is 35.5. The van der Waals surface area contributed by atoms with E-state index in [0.29, 0.717) is 41.6 Å². The average molecular weight is 504 g/mol. The Hall–Kier alpha value is -4.62. The number of nitriles is 1. The van der Waals surface area contributed by atoms with Gasteiger partial charge in [-0.1, -0.05) is 41.4 Å². The van der Waals surface area contributed by atoms with Crippen LogP contribution in [-0.4, -0.2) is 44.5 Å². The molecule has 10 nitrogen and oxygen atoms in total. The number of imidazole rings is 1. The number of benzene rings is 2. The van der Waals surface area contributed by atoms with E-state index in [1.54, 1.807) is 36.4 Å². The van der Waals surface area contributed by atoms with Crippen LogP contribution in [0.5, 0.6) is 0 Å². The van der Waals surface area contributed by atoms with Crippen molar-refractivity contribution in [2.24, 2.45) is 0 Å². The summed E-state index contributed by atoms with van der Waals surface area (Å²) in [5.74, 6) is -0.421. The van der Waals surface area contributed by atoms with Crippen molar-refractivity contribution in [2.75, 3.05) is 18.4 Å². The van der Waals surface area contributed by atoms with E-state index in [4.69, 9.17) is 11.6 Å². The first kappa shape index (κ1) is 24.5. The monoisotopic (exact) mass is 503 g/mol. The molecular weight excluding hydrogens is 482 g/mol. The molecule has 0 saturated heterocycles. The molecule has 2 aromatic carbocycles. The summed E-state index contributed by atoms with van der Waals surface area (Å²) in [6, 6.07) is 16.0. The molecule has 11 heteroatoms. The molecule has 0 aliphatic heterocycles. The van der Waals surface area contributed by atoms with Crippen LogP contribution in [0.3, 0.4) is 0 Å². The van der Waals surface area contributed by atoms with Crippen LogP contribution < -0.4 is 16.3 Å². The number of aromatic amines is 2. The third-order valence-electron chi connectivity index (χ3n) is 5.37. The molecule has 1 amide bonds. The number of aryl methyl sites for hydroxylation is 1. The first-order valence-electron chi connectivity index (χ1n) is 11.1. The van der Waals surface area contributed by atoms with Crippen molar-refractivity contribution in [1.29, 1.82) is 5.26 Å². The number of hydrogen-bond acceptors (Lipinski definition) is 6. The third-order valence-corrected chi connectivity index (χ3v) is 5.62. The number of carbonyl (C=O) groups excluding carboxylic acids is 2. The van der Waals surface area contributed by atoms with Gasteiger partial charge in [-0.25, -0.2) is 9.48 Å². The summed E-state index contributed by atoms with van der Waals surface area (Å²) in [6.07, 6.45) is 1.80. The molecule has 0 radical (unpaired) electrons. The molecule has 0 saturated carbocycles. The summed E-state index contributed by atoms with van der Waals surface area (Å²) >= 11 is 6.03. The van der Waals surface area contributed by atoms with Crippen molar-refractivity contribution in [1.82, 2.24) is 25.1 Å². The zero-order valence-electron chi connectivity index (χ0n) is 19.3. The van der Waals surface area contributed by atoms with Crippen LogP contribution in [0.25, 0.3) is 5.69 Å². The largest absolute Gasteiger partial charge is 0.369 e. The normalized spacial score (nSPS) is 10.6. The van der Waals surface area contributed by atoms with E-state index in [0.717, 1.165) is 5.56 Å². The van der Waals surface area contributed by atoms with Gasteiger partial charge in [0.05, 0.1) is 5.69 Å². The lowest BCUT2D eigenvalue weighted by Crippen LogP contribution is -2.26. The zero-order valence-corrected chi connectivity index (χ0v) is 20.0. The van der Waals surface area contributed by atoms with Crippen molar-refractivity contribution in [3.8, 4) is 11.8 Å². The number of rotatable bonds is 9. The van der Waals surface area contributed by atoms with Crippen LogP contribution in [0.2, 0.25) is 5.02 Å². The van der Waals surface area contributed by atoms with Crippen molar-refractivity contribution < 1.29 is 9.59 Å². The lowest BCUT2D eigenvalue weighted by atomic mass is 10.0. The van der Waals surface area contributed by atoms with Crippen LogP contribution in [0.1, 0.15) is 44.1 Å². The second kappa shape index (κ2) is 10.8. The van der Waals surface area contributed by atoms with Crippen LogP contribution in [0, 0.1) is 18.3 Å². The highest BCUT2D eigenvalue weighted by Gasteiger charge is 2.25. The van der Waals surface area contributed by atoms with Gasteiger partial charge in [0.1, 0.15) is 23.1 Å². The number of ketones is 1. The van der Waals surface area contributed by atoms with Gasteiger partial charge in [0.25, 0.3) is 5.91 Å². The Balaban J connectivity index is 1.55. The summed E-state index contributed by atoms with van der Waals surface area (Å²) in [6.45, 7) is 2.60. The molecule has 4 aromatic rings. The Labute approximate surface area is 210 Å². The van der Waals surface area contributed by atoms with E-state index in [9.17, 15) is 19.6 Å². The zero-order chi connectivity index (χ0) is 25.7. The van der Waals surface area contributed by atoms with Gasteiger partial charge < -0.3 is 20.6 Å². The van der Waals surface area contributed by atoms with Crippen LogP contribution in [-0.2, 0) is 0 Å². The lowest BCUT2D eigenvalue weighted by molar-refractivity contribution is 0.0948. The second-order valence-electron chi connectivity index (χ2n) is 7.96. The van der Waals surface area contributed by atoms with Crippen molar-refractivity contribution in [2.45, 2.75) is 13.3 Å². The third kappa shape index (κ3) is 5.37. The number of anilines is 1. The number of nitrogens with one attached hydrogen (secondary N) is 4. The molecule has 0 atom stereocenters. The molecule has 0 unspecified atom stereocenters. The number of nitrogens with zero attached hydrogens (tertiary/aromatic N) is 3. The second-order valence-corrected chi connectivity index (χ2v) is 8.40. The minimum Gasteiger partial charge on any atom is -0.369 e. The molecule has 36 heavy (non-hydrogen) atoms. The molecule has 0 aliphatic rings. The minimum atomic E-state index is -0.461. The maximum atomic E-state index is 13.2. The van der Waals surface area contributed by atoms with Gasteiger partial charge in [0.15, 0.2) is 5.69 Å². The van der Waals surface area contributed by atoms with Crippen LogP contribution in [0.4, 0.5) is 5.82 Å². The highest BCUT2D eigenvalue weighted by molar-refractivity contribution is 6.30. The molecule has 0 spiro atoms. The molecule has 0 bridgehead atoms. The Morgan fingerprint density at radius 2 is 1.83 bits per heavy atom. The topological polar surface area (TPSA) is 148 Å². The summed E-state index contributed by atoms with van der Waals surface area (Å²) in [5, 5.41) is 20.8. The maximum Gasteiger partial charge on any atom is 0.323 e. The Bertz CT molecular complexity index is 1490. The average Bonchev–Trinajstić information content (AvgIpc) is 3.48. The van der Waals surface area contributed by atoms with Crippen molar-refractivity contribution in [3.63, 3.8) is 0 Å². The fourth-order valence-electron chi connectivity index (χ4n) is 3.50.